The fourth-order valence-corrected chi connectivity index (χ4v) is 3.42. The number of nitriles is 1. The van der Waals surface area contributed by atoms with E-state index in [0.717, 1.165) is 35.4 Å². The second-order valence-corrected chi connectivity index (χ2v) is 6.65. The van der Waals surface area contributed by atoms with Crippen molar-refractivity contribution in [2.45, 2.75) is 32.1 Å². The van der Waals surface area contributed by atoms with E-state index in [1.165, 1.54) is 5.57 Å². The van der Waals surface area contributed by atoms with Gasteiger partial charge in [-0.15, -0.1) is 0 Å². The first-order chi connectivity index (χ1) is 10.7. The molecule has 2 nitrogen and oxygen atoms in total. The largest absolute Gasteiger partial charge is 0.299 e. The SMILES string of the molecule is N#CCC1CC(C(=O)CC2=CC(c3cccc(Cl)c3)=CC2)C1. The van der Waals surface area contributed by atoms with Crippen LogP contribution in [0.4, 0.5) is 0 Å². The highest BCUT2D eigenvalue weighted by Gasteiger charge is 2.34. The minimum absolute atomic E-state index is 0.175. The van der Waals surface area contributed by atoms with Gasteiger partial charge in [0.25, 0.3) is 0 Å². The van der Waals surface area contributed by atoms with Crippen LogP contribution in [0.1, 0.15) is 37.7 Å². The van der Waals surface area contributed by atoms with Crippen LogP contribution in [0.5, 0.6) is 0 Å². The topological polar surface area (TPSA) is 40.9 Å². The minimum Gasteiger partial charge on any atom is -0.299 e. The van der Waals surface area contributed by atoms with Crippen molar-refractivity contribution in [3.63, 3.8) is 0 Å². The van der Waals surface area contributed by atoms with Crippen LogP contribution in [0.15, 0.2) is 42.0 Å². The maximum atomic E-state index is 12.3. The molecule has 0 spiro atoms. The first kappa shape index (κ1) is 15.1. The van der Waals surface area contributed by atoms with Gasteiger partial charge in [0.05, 0.1) is 6.07 Å². The van der Waals surface area contributed by atoms with E-state index in [2.05, 4.69) is 18.2 Å². The lowest BCUT2D eigenvalue weighted by atomic mass is 9.70. The summed E-state index contributed by atoms with van der Waals surface area (Å²) in [6.07, 6.45) is 8.06. The Hall–Kier alpha value is -1.85. The molecule has 0 aliphatic heterocycles. The summed E-state index contributed by atoms with van der Waals surface area (Å²) in [4.78, 5) is 12.3. The van der Waals surface area contributed by atoms with E-state index >= 15 is 0 Å². The Morgan fingerprint density at radius 1 is 1.36 bits per heavy atom. The van der Waals surface area contributed by atoms with Crippen molar-refractivity contribution in [1.29, 1.82) is 5.26 Å². The molecule has 0 unspecified atom stereocenters. The summed E-state index contributed by atoms with van der Waals surface area (Å²) in [6, 6.07) is 9.99. The molecule has 0 amide bonds. The number of carbonyl (C=O) groups is 1. The van der Waals surface area contributed by atoms with Gasteiger partial charge in [-0.25, -0.2) is 0 Å². The number of ketones is 1. The Morgan fingerprint density at radius 2 is 2.18 bits per heavy atom. The van der Waals surface area contributed by atoms with E-state index in [1.807, 2.05) is 24.3 Å². The van der Waals surface area contributed by atoms with Crippen molar-refractivity contribution in [3.05, 3.63) is 52.6 Å². The Balaban J connectivity index is 1.56. The summed E-state index contributed by atoms with van der Waals surface area (Å²) in [5.74, 6) is 0.951. The van der Waals surface area contributed by atoms with Gasteiger partial charge >= 0.3 is 0 Å². The van der Waals surface area contributed by atoms with Gasteiger partial charge in [0.1, 0.15) is 5.78 Å². The molecule has 2 aliphatic carbocycles. The molecular weight excluding hydrogens is 294 g/mol. The summed E-state index contributed by atoms with van der Waals surface area (Å²) < 4.78 is 0. The summed E-state index contributed by atoms with van der Waals surface area (Å²) in [6.45, 7) is 0. The number of benzene rings is 1. The third-order valence-electron chi connectivity index (χ3n) is 4.57. The maximum Gasteiger partial charge on any atom is 0.140 e. The number of carbonyl (C=O) groups excluding carboxylic acids is 1. The predicted octanol–water partition coefficient (Wildman–Crippen LogP) is 4.95. The number of hydrogen-bond acceptors (Lipinski definition) is 2. The lowest BCUT2D eigenvalue weighted by Gasteiger charge is -2.32. The van der Waals surface area contributed by atoms with E-state index < -0.39 is 0 Å². The summed E-state index contributed by atoms with van der Waals surface area (Å²) >= 11 is 6.03. The van der Waals surface area contributed by atoms with Crippen LogP contribution in [-0.2, 0) is 4.79 Å². The zero-order valence-electron chi connectivity index (χ0n) is 12.4. The van der Waals surface area contributed by atoms with Crippen LogP contribution in [0.3, 0.4) is 0 Å². The fraction of sp³-hybridized carbons (Fsp3) is 0.368. The summed E-state index contributed by atoms with van der Waals surface area (Å²) in [7, 11) is 0. The third kappa shape index (κ3) is 3.31. The van der Waals surface area contributed by atoms with Gasteiger partial charge in [-0.05, 0) is 48.4 Å². The fourth-order valence-electron chi connectivity index (χ4n) is 3.23. The Labute approximate surface area is 136 Å². The normalized spacial score (nSPS) is 23.3. The second kappa shape index (κ2) is 6.50. The standard InChI is InChI=1S/C19H18ClNO/c20-18-3-1-2-15(12-18)16-5-4-13(8-16)11-19(22)17-9-14(10-17)6-7-21/h1-3,5,8,12,14,17H,4,6,9-11H2. The average molecular weight is 312 g/mol. The zero-order chi connectivity index (χ0) is 15.5. The first-order valence-electron chi connectivity index (χ1n) is 7.71. The molecule has 1 aromatic carbocycles. The maximum absolute atomic E-state index is 12.3. The minimum atomic E-state index is 0.175. The molecular formula is C19H18ClNO. The van der Waals surface area contributed by atoms with Crippen LogP contribution in [0.2, 0.25) is 5.02 Å². The third-order valence-corrected chi connectivity index (χ3v) is 4.81. The molecule has 0 N–H and O–H groups in total. The van der Waals surface area contributed by atoms with E-state index in [9.17, 15) is 4.79 Å². The Kier molecular flexibility index (Phi) is 4.45. The van der Waals surface area contributed by atoms with Crippen LogP contribution in [0, 0.1) is 23.2 Å². The molecule has 1 fully saturated rings. The number of Topliss-reactive ketones (excluding diaryl/α,β-unsaturated/α-hetero) is 1. The molecule has 3 heteroatoms. The predicted molar refractivity (Wildman–Crippen MR) is 88.2 cm³/mol. The van der Waals surface area contributed by atoms with Gasteiger partial charge < -0.3 is 0 Å². The van der Waals surface area contributed by atoms with Crippen LogP contribution >= 0.6 is 11.6 Å². The van der Waals surface area contributed by atoms with E-state index in [0.29, 0.717) is 24.5 Å². The molecule has 0 aromatic heterocycles. The monoisotopic (exact) mass is 311 g/mol. The molecule has 0 saturated heterocycles. The highest BCUT2D eigenvalue weighted by Crippen LogP contribution is 2.38. The van der Waals surface area contributed by atoms with Gasteiger partial charge in [0, 0.05) is 23.8 Å². The van der Waals surface area contributed by atoms with Crippen molar-refractivity contribution < 1.29 is 4.79 Å². The van der Waals surface area contributed by atoms with Crippen LogP contribution < -0.4 is 0 Å². The molecule has 1 aromatic rings. The van der Waals surface area contributed by atoms with Crippen molar-refractivity contribution in [2.75, 3.05) is 0 Å². The van der Waals surface area contributed by atoms with E-state index in [4.69, 9.17) is 16.9 Å². The highest BCUT2D eigenvalue weighted by molar-refractivity contribution is 6.30. The first-order valence-corrected chi connectivity index (χ1v) is 8.08. The average Bonchev–Trinajstić information content (AvgIpc) is 2.90. The van der Waals surface area contributed by atoms with Gasteiger partial charge in [0.2, 0.25) is 0 Å². The van der Waals surface area contributed by atoms with Crippen molar-refractivity contribution in [1.82, 2.24) is 0 Å². The second-order valence-electron chi connectivity index (χ2n) is 6.22. The quantitative estimate of drug-likeness (QED) is 0.771. The van der Waals surface area contributed by atoms with Gasteiger partial charge in [-0.1, -0.05) is 41.5 Å². The lowest BCUT2D eigenvalue weighted by molar-refractivity contribution is -0.126. The van der Waals surface area contributed by atoms with Crippen molar-refractivity contribution in [3.8, 4) is 6.07 Å². The van der Waals surface area contributed by atoms with E-state index in [1.54, 1.807) is 0 Å². The van der Waals surface area contributed by atoms with Gasteiger partial charge in [-0.2, -0.15) is 5.26 Å². The summed E-state index contributed by atoms with van der Waals surface area (Å²) in [5, 5.41) is 9.38. The van der Waals surface area contributed by atoms with Gasteiger partial charge in [-0.3, -0.25) is 4.79 Å². The molecule has 2 aliphatic rings. The number of hydrogen-bond donors (Lipinski definition) is 0. The molecule has 1 saturated carbocycles. The van der Waals surface area contributed by atoms with E-state index in [-0.39, 0.29) is 5.92 Å². The zero-order valence-corrected chi connectivity index (χ0v) is 13.1. The molecule has 0 heterocycles. The number of nitrogens with zero attached hydrogens (tertiary/aromatic N) is 1. The van der Waals surface area contributed by atoms with Gasteiger partial charge in [0.15, 0.2) is 0 Å². The smallest absolute Gasteiger partial charge is 0.140 e. The molecule has 112 valence electrons. The number of rotatable bonds is 5. The van der Waals surface area contributed by atoms with Crippen molar-refractivity contribution in [2.24, 2.45) is 11.8 Å². The Bertz CT molecular complexity index is 690. The lowest BCUT2D eigenvalue weighted by Crippen LogP contribution is -2.30. The summed E-state index contributed by atoms with van der Waals surface area (Å²) in [5.41, 5.74) is 3.44. The number of allylic oxidation sites excluding steroid dienone is 4. The molecule has 0 bridgehead atoms. The molecule has 22 heavy (non-hydrogen) atoms. The number of halogens is 1. The molecule has 3 rings (SSSR count). The van der Waals surface area contributed by atoms with Crippen molar-refractivity contribution >= 4 is 23.0 Å². The van der Waals surface area contributed by atoms with Crippen LogP contribution in [0.25, 0.3) is 5.57 Å². The Morgan fingerprint density at radius 3 is 2.91 bits per heavy atom. The van der Waals surface area contributed by atoms with Crippen LogP contribution in [-0.4, -0.2) is 5.78 Å². The molecule has 0 radical (unpaired) electrons. The highest BCUT2D eigenvalue weighted by atomic mass is 35.5. The molecule has 0 atom stereocenters.